The monoisotopic (exact) mass is 172 g/mol. The van der Waals surface area contributed by atoms with Gasteiger partial charge in [0, 0.05) is 5.69 Å². The first kappa shape index (κ1) is 8.27. The predicted molar refractivity (Wildman–Crippen MR) is 43.1 cm³/mol. The number of nitrogens with zero attached hydrogens (tertiary/aromatic N) is 1. The van der Waals surface area contributed by atoms with Crippen LogP contribution in [0.2, 0.25) is 5.15 Å². The zero-order valence-corrected chi connectivity index (χ0v) is 7.14. The van der Waals surface area contributed by atoms with Gasteiger partial charge in [0.1, 0.15) is 0 Å². The minimum absolute atomic E-state index is 0.246. The van der Waals surface area contributed by atoms with Crippen LogP contribution in [0, 0.1) is 0 Å². The Morgan fingerprint density at radius 2 is 2.27 bits per heavy atom. The van der Waals surface area contributed by atoms with Crippen LogP contribution >= 0.6 is 11.6 Å². The molecule has 0 aliphatic rings. The van der Waals surface area contributed by atoms with Crippen LogP contribution in [0.15, 0.2) is 0 Å². The molecule has 0 aliphatic heterocycles. The van der Waals surface area contributed by atoms with Gasteiger partial charge in [-0.1, -0.05) is 25.4 Å². The molecule has 0 unspecified atom stereocenters. The van der Waals surface area contributed by atoms with Crippen molar-refractivity contribution in [1.29, 1.82) is 0 Å². The smallest absolute Gasteiger partial charge is 0.161 e. The summed E-state index contributed by atoms with van der Waals surface area (Å²) in [7, 11) is 0. The molecule has 0 fully saturated rings. The van der Waals surface area contributed by atoms with E-state index in [-0.39, 0.29) is 11.1 Å². The largest absolute Gasteiger partial charge is 0.298 e. The molecule has 0 aromatic carbocycles. The van der Waals surface area contributed by atoms with Crippen molar-refractivity contribution in [2.75, 3.05) is 0 Å². The average molecular weight is 173 g/mol. The molecule has 1 heterocycles. The van der Waals surface area contributed by atoms with E-state index in [0.717, 1.165) is 12.0 Å². The van der Waals surface area contributed by atoms with Crippen LogP contribution in [0.4, 0.5) is 0 Å². The number of nitrogens with one attached hydrogen (secondary N) is 1. The maximum atomic E-state index is 10.5. The number of H-pyrrole nitrogens is 1. The van der Waals surface area contributed by atoms with Gasteiger partial charge in [-0.05, 0) is 5.92 Å². The highest BCUT2D eigenvalue weighted by molar-refractivity contribution is 6.31. The summed E-state index contributed by atoms with van der Waals surface area (Å²) in [5, 5.41) is 6.68. The van der Waals surface area contributed by atoms with Gasteiger partial charge < -0.3 is 0 Å². The lowest BCUT2D eigenvalue weighted by Crippen LogP contribution is -1.92. The van der Waals surface area contributed by atoms with E-state index in [4.69, 9.17) is 11.6 Å². The lowest BCUT2D eigenvalue weighted by molar-refractivity contribution is 0.112. The molecule has 3 nitrogen and oxygen atoms in total. The normalized spacial score (nSPS) is 10.5. The van der Waals surface area contributed by atoms with Crippen LogP contribution in [0.3, 0.4) is 0 Å². The number of aromatic amines is 1. The molecule has 0 atom stereocenters. The molecule has 0 saturated carbocycles. The predicted octanol–water partition coefficient (Wildman–Crippen LogP) is 2.00. The van der Waals surface area contributed by atoms with E-state index in [0.29, 0.717) is 5.56 Å². The Bertz CT molecular complexity index is 267. The first-order chi connectivity index (χ1) is 5.16. The molecule has 1 rings (SSSR count). The van der Waals surface area contributed by atoms with Crippen LogP contribution in [0.5, 0.6) is 0 Å². The molecule has 60 valence electrons. The second-order valence-corrected chi connectivity index (χ2v) is 2.97. The zero-order chi connectivity index (χ0) is 8.43. The van der Waals surface area contributed by atoms with E-state index >= 15 is 0 Å². The molecule has 1 aromatic rings. The van der Waals surface area contributed by atoms with Gasteiger partial charge in [-0.15, -0.1) is 0 Å². The van der Waals surface area contributed by atoms with Gasteiger partial charge in [0.05, 0.1) is 5.56 Å². The minimum atomic E-state index is 0.246. The summed E-state index contributed by atoms with van der Waals surface area (Å²) in [5.41, 5.74) is 1.27. The number of carbonyl (C=O) groups excluding carboxylic acids is 1. The second kappa shape index (κ2) is 3.05. The molecule has 11 heavy (non-hydrogen) atoms. The summed E-state index contributed by atoms with van der Waals surface area (Å²) in [6.07, 6.45) is 0.723. The summed E-state index contributed by atoms with van der Waals surface area (Å²) < 4.78 is 0. The Hall–Kier alpha value is -0.830. The van der Waals surface area contributed by atoms with Crippen LogP contribution < -0.4 is 0 Å². The molecule has 0 amide bonds. The van der Waals surface area contributed by atoms with Crippen molar-refractivity contribution in [3.8, 4) is 0 Å². The molecule has 1 N–H and O–H groups in total. The number of carbonyl (C=O) groups is 1. The van der Waals surface area contributed by atoms with E-state index < -0.39 is 0 Å². The Kier molecular flexibility index (Phi) is 2.29. The van der Waals surface area contributed by atoms with Gasteiger partial charge in [0.25, 0.3) is 0 Å². The molecule has 0 saturated heterocycles. The molecule has 0 bridgehead atoms. The molecule has 0 radical (unpaired) electrons. The summed E-state index contributed by atoms with van der Waals surface area (Å²) in [6.45, 7) is 3.94. The Morgan fingerprint density at radius 3 is 2.64 bits per heavy atom. The number of halogens is 1. The third kappa shape index (κ3) is 1.43. The lowest BCUT2D eigenvalue weighted by atomic mass is 10.1. The van der Waals surface area contributed by atoms with Gasteiger partial charge in [0.15, 0.2) is 11.4 Å². The van der Waals surface area contributed by atoms with Gasteiger partial charge in [-0.2, -0.15) is 5.10 Å². The van der Waals surface area contributed by atoms with E-state index in [1.165, 1.54) is 0 Å². The molecule has 0 aliphatic carbocycles. The summed E-state index contributed by atoms with van der Waals surface area (Å²) in [6, 6.07) is 0. The summed E-state index contributed by atoms with van der Waals surface area (Å²) in [4.78, 5) is 10.5. The Labute approximate surface area is 69.8 Å². The third-order valence-electron chi connectivity index (χ3n) is 1.48. The second-order valence-electron chi connectivity index (χ2n) is 2.61. The molecule has 4 heteroatoms. The maximum absolute atomic E-state index is 10.5. The van der Waals surface area contributed by atoms with Crippen molar-refractivity contribution in [3.05, 3.63) is 16.4 Å². The van der Waals surface area contributed by atoms with E-state index in [1.807, 2.05) is 13.8 Å². The molecule has 0 spiro atoms. The highest BCUT2D eigenvalue weighted by atomic mass is 35.5. The molecular weight excluding hydrogens is 164 g/mol. The van der Waals surface area contributed by atoms with Crippen molar-refractivity contribution in [1.82, 2.24) is 10.2 Å². The van der Waals surface area contributed by atoms with Crippen LogP contribution in [-0.2, 0) is 0 Å². The number of hydrogen-bond donors (Lipinski definition) is 1. The van der Waals surface area contributed by atoms with Crippen molar-refractivity contribution < 1.29 is 4.79 Å². The average Bonchev–Trinajstić information content (AvgIpc) is 2.30. The highest BCUT2D eigenvalue weighted by Gasteiger charge is 2.12. The maximum Gasteiger partial charge on any atom is 0.161 e. The molecular formula is C7H9ClN2O. The highest BCUT2D eigenvalue weighted by Crippen LogP contribution is 2.20. The molecule has 1 aromatic heterocycles. The number of aromatic nitrogens is 2. The van der Waals surface area contributed by atoms with Crippen molar-refractivity contribution >= 4 is 17.9 Å². The van der Waals surface area contributed by atoms with Crippen molar-refractivity contribution in [2.45, 2.75) is 19.8 Å². The first-order valence-electron chi connectivity index (χ1n) is 3.35. The van der Waals surface area contributed by atoms with Crippen LogP contribution in [-0.4, -0.2) is 16.5 Å². The van der Waals surface area contributed by atoms with Crippen molar-refractivity contribution in [2.24, 2.45) is 0 Å². The summed E-state index contributed by atoms with van der Waals surface area (Å²) in [5.74, 6) is 0.246. The van der Waals surface area contributed by atoms with Gasteiger partial charge >= 0.3 is 0 Å². The lowest BCUT2D eigenvalue weighted by Gasteiger charge is -1.99. The zero-order valence-electron chi connectivity index (χ0n) is 6.39. The minimum Gasteiger partial charge on any atom is -0.298 e. The number of rotatable bonds is 2. The topological polar surface area (TPSA) is 45.8 Å². The van der Waals surface area contributed by atoms with Crippen LogP contribution in [0.1, 0.15) is 35.8 Å². The Balaban J connectivity index is 3.15. The van der Waals surface area contributed by atoms with E-state index in [2.05, 4.69) is 10.2 Å². The van der Waals surface area contributed by atoms with Crippen LogP contribution in [0.25, 0.3) is 0 Å². The fourth-order valence-electron chi connectivity index (χ4n) is 0.893. The number of aldehydes is 1. The summed E-state index contributed by atoms with van der Waals surface area (Å²) >= 11 is 5.62. The fraction of sp³-hybridized carbons (Fsp3) is 0.429. The quantitative estimate of drug-likeness (QED) is 0.694. The van der Waals surface area contributed by atoms with Crippen molar-refractivity contribution in [3.63, 3.8) is 0 Å². The Morgan fingerprint density at radius 1 is 1.64 bits per heavy atom. The fourth-order valence-corrected chi connectivity index (χ4v) is 1.08. The van der Waals surface area contributed by atoms with Gasteiger partial charge in [0.2, 0.25) is 0 Å². The first-order valence-corrected chi connectivity index (χ1v) is 3.73. The number of hydrogen-bond acceptors (Lipinski definition) is 2. The van der Waals surface area contributed by atoms with E-state index in [1.54, 1.807) is 0 Å². The third-order valence-corrected chi connectivity index (χ3v) is 1.77. The van der Waals surface area contributed by atoms with Gasteiger partial charge in [-0.3, -0.25) is 9.89 Å². The van der Waals surface area contributed by atoms with E-state index in [9.17, 15) is 4.79 Å². The SMILES string of the molecule is CC(C)c1[nH]nc(Cl)c1C=O. The van der Waals surface area contributed by atoms with Gasteiger partial charge in [-0.25, -0.2) is 0 Å². The standard InChI is InChI=1S/C7H9ClN2O/c1-4(2)6-5(3-11)7(8)10-9-6/h3-4H,1-2H3,(H,9,10).